The predicted molar refractivity (Wildman–Crippen MR) is 94.8 cm³/mol. The molecule has 0 radical (unpaired) electrons. The lowest BCUT2D eigenvalue weighted by Crippen LogP contribution is -2.54. The zero-order chi connectivity index (χ0) is 19.9. The molecule has 1 saturated carbocycles. The van der Waals surface area contributed by atoms with Crippen molar-refractivity contribution in [3.8, 4) is 0 Å². The quantitative estimate of drug-likeness (QED) is 0.418. The third-order valence-electron chi connectivity index (χ3n) is 6.24. The Bertz CT molecular complexity index is 731. The third-order valence-corrected chi connectivity index (χ3v) is 6.59. The van der Waals surface area contributed by atoms with Gasteiger partial charge in [0.1, 0.15) is 6.04 Å². The highest BCUT2D eigenvalue weighted by molar-refractivity contribution is 7.80. The molecule has 4 aliphatic rings. The number of hydrogen-bond donors (Lipinski definition) is 3. The first kappa shape index (κ1) is 19.8. The Morgan fingerprint density at radius 3 is 2.75 bits per heavy atom. The van der Waals surface area contributed by atoms with Crippen LogP contribution in [0.4, 0.5) is 4.79 Å². The number of carbonyl (C=O) groups excluding carboxylic acids is 2. The molecular formula is C16H26N4O7S. The SMILES string of the molecule is O=C(NOC1CCNC2CCCCC21)C1CCC2CN1C(=O)N2OS(=O)(=O)O. The van der Waals surface area contributed by atoms with Gasteiger partial charge in [-0.1, -0.05) is 12.8 Å². The molecule has 158 valence electrons. The summed E-state index contributed by atoms with van der Waals surface area (Å²) in [7, 11) is -4.81. The Hall–Kier alpha value is -1.47. The van der Waals surface area contributed by atoms with Gasteiger partial charge in [-0.15, -0.1) is 4.28 Å². The first-order valence-electron chi connectivity index (χ1n) is 9.79. The second-order valence-electron chi connectivity index (χ2n) is 7.93. The number of nitrogens with zero attached hydrogens (tertiary/aromatic N) is 2. The Morgan fingerprint density at radius 1 is 1.18 bits per heavy atom. The zero-order valence-corrected chi connectivity index (χ0v) is 16.3. The van der Waals surface area contributed by atoms with Crippen molar-refractivity contribution in [1.82, 2.24) is 20.8 Å². The molecule has 3 N–H and O–H groups in total. The van der Waals surface area contributed by atoms with Gasteiger partial charge in [-0.3, -0.25) is 14.2 Å². The molecule has 0 aromatic rings. The molecule has 3 aliphatic heterocycles. The molecule has 5 unspecified atom stereocenters. The summed E-state index contributed by atoms with van der Waals surface area (Å²) in [6, 6.07) is -1.62. The Labute approximate surface area is 163 Å². The van der Waals surface area contributed by atoms with Crippen LogP contribution < -0.4 is 10.8 Å². The van der Waals surface area contributed by atoms with Gasteiger partial charge >= 0.3 is 16.4 Å². The topological polar surface area (TPSA) is 138 Å². The summed E-state index contributed by atoms with van der Waals surface area (Å²) in [6.45, 7) is 1.00. The average Bonchev–Trinajstić information content (AvgIpc) is 2.89. The summed E-state index contributed by atoms with van der Waals surface area (Å²) in [6.07, 6.45) is 6.04. The summed E-state index contributed by atoms with van der Waals surface area (Å²) < 4.78 is 35.1. The van der Waals surface area contributed by atoms with Crippen molar-refractivity contribution in [2.75, 3.05) is 13.1 Å². The van der Waals surface area contributed by atoms with E-state index in [0.29, 0.717) is 29.9 Å². The highest BCUT2D eigenvalue weighted by Gasteiger charge is 2.49. The van der Waals surface area contributed by atoms with Gasteiger partial charge in [0.2, 0.25) is 0 Å². The largest absolute Gasteiger partial charge is 0.418 e. The minimum atomic E-state index is -4.81. The zero-order valence-electron chi connectivity index (χ0n) is 15.5. The van der Waals surface area contributed by atoms with Gasteiger partial charge < -0.3 is 10.2 Å². The molecule has 3 amide bonds. The van der Waals surface area contributed by atoms with Gasteiger partial charge in [-0.05, 0) is 38.6 Å². The molecule has 5 atom stereocenters. The lowest BCUT2D eigenvalue weighted by atomic mass is 9.78. The third kappa shape index (κ3) is 3.96. The number of amides is 3. The van der Waals surface area contributed by atoms with Crippen LogP contribution in [0.15, 0.2) is 0 Å². The molecule has 0 aromatic carbocycles. The maximum Gasteiger partial charge on any atom is 0.418 e. The van der Waals surface area contributed by atoms with E-state index in [0.717, 1.165) is 32.2 Å². The fraction of sp³-hybridized carbons (Fsp3) is 0.875. The standard InChI is InChI=1S/C16H26N4O7S/c21-15(18-26-14-7-8-17-12-4-2-1-3-11(12)14)13-6-5-10-9-19(13)16(22)20(10)27-28(23,24)25/h10-14,17H,1-9H2,(H,18,21)(H,23,24,25). The fourth-order valence-corrected chi connectivity index (χ4v) is 5.32. The molecule has 3 heterocycles. The maximum atomic E-state index is 12.7. The Morgan fingerprint density at radius 2 is 1.96 bits per heavy atom. The molecule has 28 heavy (non-hydrogen) atoms. The smallest absolute Gasteiger partial charge is 0.314 e. The van der Waals surface area contributed by atoms with Crippen molar-refractivity contribution in [1.29, 1.82) is 0 Å². The van der Waals surface area contributed by atoms with E-state index in [1.165, 1.54) is 11.3 Å². The van der Waals surface area contributed by atoms with Crippen LogP contribution in [0.2, 0.25) is 0 Å². The summed E-state index contributed by atoms with van der Waals surface area (Å²) in [5.41, 5.74) is 2.53. The molecule has 0 aromatic heterocycles. The van der Waals surface area contributed by atoms with E-state index in [1.807, 2.05) is 0 Å². The van der Waals surface area contributed by atoms with Gasteiger partial charge in [0.15, 0.2) is 0 Å². The van der Waals surface area contributed by atoms with E-state index in [9.17, 15) is 18.0 Å². The molecular weight excluding hydrogens is 392 g/mol. The minimum absolute atomic E-state index is 0.0551. The van der Waals surface area contributed by atoms with Crippen LogP contribution in [0, 0.1) is 5.92 Å². The second kappa shape index (κ2) is 7.75. The van der Waals surface area contributed by atoms with Crippen LogP contribution in [0.5, 0.6) is 0 Å². The van der Waals surface area contributed by atoms with Gasteiger partial charge in [-0.2, -0.15) is 13.5 Å². The Kier molecular flexibility index (Phi) is 5.49. The molecule has 12 heteroatoms. The van der Waals surface area contributed by atoms with E-state index in [2.05, 4.69) is 15.1 Å². The van der Waals surface area contributed by atoms with Crippen LogP contribution in [0.25, 0.3) is 0 Å². The maximum absolute atomic E-state index is 12.7. The molecule has 1 aliphatic carbocycles. The molecule has 4 rings (SSSR count). The highest BCUT2D eigenvalue weighted by Crippen LogP contribution is 2.33. The van der Waals surface area contributed by atoms with Crippen LogP contribution in [0.1, 0.15) is 44.9 Å². The van der Waals surface area contributed by atoms with Crippen molar-refractivity contribution in [2.45, 2.75) is 69.2 Å². The minimum Gasteiger partial charge on any atom is -0.314 e. The van der Waals surface area contributed by atoms with Crippen molar-refractivity contribution in [3.63, 3.8) is 0 Å². The number of carbonyl (C=O) groups is 2. The lowest BCUT2D eigenvalue weighted by Gasteiger charge is -2.41. The number of nitrogens with one attached hydrogen (secondary N) is 2. The van der Waals surface area contributed by atoms with Crippen LogP contribution in [-0.4, -0.2) is 72.2 Å². The van der Waals surface area contributed by atoms with Crippen LogP contribution in [0.3, 0.4) is 0 Å². The van der Waals surface area contributed by atoms with Crippen molar-refractivity contribution < 1.29 is 31.7 Å². The Balaban J connectivity index is 1.35. The molecule has 11 nitrogen and oxygen atoms in total. The van der Waals surface area contributed by atoms with E-state index in [1.54, 1.807) is 0 Å². The number of fused-ring (bicyclic) bond motifs is 3. The summed E-state index contributed by atoms with van der Waals surface area (Å²) in [5.74, 6) is -0.0583. The van der Waals surface area contributed by atoms with Gasteiger partial charge in [-0.25, -0.2) is 10.3 Å². The average molecular weight is 418 g/mol. The van der Waals surface area contributed by atoms with Gasteiger partial charge in [0, 0.05) is 18.5 Å². The molecule has 2 bridgehead atoms. The first-order chi connectivity index (χ1) is 13.3. The lowest BCUT2D eigenvalue weighted by molar-refractivity contribution is -0.150. The summed E-state index contributed by atoms with van der Waals surface area (Å²) >= 11 is 0. The number of piperidine rings is 2. The van der Waals surface area contributed by atoms with Crippen LogP contribution >= 0.6 is 0 Å². The van der Waals surface area contributed by atoms with Crippen LogP contribution in [-0.2, 0) is 24.3 Å². The first-order valence-corrected chi connectivity index (χ1v) is 11.2. The van der Waals surface area contributed by atoms with Crippen molar-refractivity contribution in [2.24, 2.45) is 5.92 Å². The van der Waals surface area contributed by atoms with Gasteiger partial charge in [0.25, 0.3) is 5.91 Å². The second-order valence-corrected chi connectivity index (χ2v) is 8.93. The number of rotatable bonds is 5. The highest BCUT2D eigenvalue weighted by atomic mass is 32.3. The molecule has 4 fully saturated rings. The summed E-state index contributed by atoms with van der Waals surface area (Å²) in [5, 5.41) is 4.15. The number of hydroxylamine groups is 3. The fourth-order valence-electron chi connectivity index (χ4n) is 4.94. The summed E-state index contributed by atoms with van der Waals surface area (Å²) in [4.78, 5) is 32.1. The molecule has 3 saturated heterocycles. The van der Waals surface area contributed by atoms with E-state index < -0.39 is 34.4 Å². The number of urea groups is 1. The van der Waals surface area contributed by atoms with Crippen molar-refractivity contribution in [3.05, 3.63) is 0 Å². The van der Waals surface area contributed by atoms with Crippen molar-refractivity contribution >= 4 is 22.3 Å². The normalized spacial score (nSPS) is 35.6. The van der Waals surface area contributed by atoms with E-state index >= 15 is 0 Å². The van der Waals surface area contributed by atoms with E-state index in [-0.39, 0.29) is 12.6 Å². The van der Waals surface area contributed by atoms with Gasteiger partial charge in [0.05, 0.1) is 12.1 Å². The predicted octanol–water partition coefficient (Wildman–Crippen LogP) is -0.0421. The molecule has 0 spiro atoms. The van der Waals surface area contributed by atoms with E-state index in [4.69, 9.17) is 9.39 Å². The number of hydrogen-bond acceptors (Lipinski definition) is 7. The monoisotopic (exact) mass is 418 g/mol.